The summed E-state index contributed by atoms with van der Waals surface area (Å²) in [6.07, 6.45) is 10.6. The average Bonchev–Trinajstić information content (AvgIpc) is 2.85. The Balaban J connectivity index is 1.46. The predicted octanol–water partition coefficient (Wildman–Crippen LogP) is 4.45. The normalized spacial score (nSPS) is 22.6. The molecule has 0 bridgehead atoms. The van der Waals surface area contributed by atoms with Gasteiger partial charge >= 0.3 is 0 Å². The molecule has 2 heterocycles. The van der Waals surface area contributed by atoms with Crippen molar-refractivity contribution in [3.05, 3.63) is 10.6 Å². The summed E-state index contributed by atoms with van der Waals surface area (Å²) < 4.78 is 19.0. The molecule has 2 aliphatic rings. The molecule has 3 rings (SSSR count). The number of thiazole rings is 1. The van der Waals surface area contributed by atoms with Crippen LogP contribution in [-0.4, -0.2) is 41.5 Å². The van der Waals surface area contributed by atoms with Gasteiger partial charge in [0.2, 0.25) is 0 Å². The second-order valence-corrected chi connectivity index (χ2v) is 9.80. The first-order valence-corrected chi connectivity index (χ1v) is 10.7. The fourth-order valence-corrected chi connectivity index (χ4v) is 4.74. The van der Waals surface area contributed by atoms with Crippen LogP contribution >= 0.6 is 20.6 Å². The molecule has 0 spiro atoms. The highest BCUT2D eigenvalue weighted by Gasteiger charge is 2.22. The van der Waals surface area contributed by atoms with Crippen molar-refractivity contribution in [2.24, 2.45) is 5.92 Å². The molecule has 1 aromatic heterocycles. The van der Waals surface area contributed by atoms with Crippen molar-refractivity contribution in [2.75, 3.05) is 26.2 Å². The van der Waals surface area contributed by atoms with Gasteiger partial charge in [-0.05, 0) is 32.2 Å². The number of alkyl halides is 1. The highest BCUT2D eigenvalue weighted by molar-refractivity contribution is 7.18. The minimum atomic E-state index is -1.39. The van der Waals surface area contributed by atoms with Gasteiger partial charge in [-0.1, -0.05) is 52.7 Å². The largest absolute Gasteiger partial charge is 0.466 e. The molecule has 0 aromatic carbocycles. The third kappa shape index (κ3) is 5.64. The van der Waals surface area contributed by atoms with E-state index in [9.17, 15) is 4.39 Å². The lowest BCUT2D eigenvalue weighted by atomic mass is 9.87. The SMILES string of the molecule is CC(F)(P)COc1nc2c(s1)CCN(CCC1CCCCC1)CC2. The van der Waals surface area contributed by atoms with Crippen molar-refractivity contribution in [1.82, 2.24) is 9.88 Å². The molecule has 24 heavy (non-hydrogen) atoms. The summed E-state index contributed by atoms with van der Waals surface area (Å²) in [5.41, 5.74) is 1.17. The monoisotopic (exact) mass is 372 g/mol. The molecular weight excluding hydrogens is 342 g/mol. The number of aromatic nitrogens is 1. The highest BCUT2D eigenvalue weighted by Crippen LogP contribution is 2.31. The van der Waals surface area contributed by atoms with E-state index in [1.54, 1.807) is 11.3 Å². The fourth-order valence-electron chi connectivity index (χ4n) is 3.71. The molecule has 0 radical (unpaired) electrons. The van der Waals surface area contributed by atoms with Crippen molar-refractivity contribution in [3.8, 4) is 5.19 Å². The maximum Gasteiger partial charge on any atom is 0.273 e. The Morgan fingerprint density at radius 2 is 2.04 bits per heavy atom. The molecular formula is C18H30FN2OPS. The zero-order valence-electron chi connectivity index (χ0n) is 14.7. The molecule has 1 aliphatic heterocycles. The first-order valence-electron chi connectivity index (χ1n) is 9.31. The summed E-state index contributed by atoms with van der Waals surface area (Å²) in [6.45, 7) is 4.98. The van der Waals surface area contributed by atoms with Crippen LogP contribution in [0.1, 0.15) is 56.0 Å². The maximum absolute atomic E-state index is 13.5. The molecule has 1 fully saturated rings. The summed E-state index contributed by atoms with van der Waals surface area (Å²) in [7, 11) is 2.17. The molecule has 2 unspecified atom stereocenters. The molecule has 1 aliphatic carbocycles. The van der Waals surface area contributed by atoms with E-state index >= 15 is 0 Å². The van der Waals surface area contributed by atoms with E-state index in [-0.39, 0.29) is 6.61 Å². The average molecular weight is 372 g/mol. The smallest absolute Gasteiger partial charge is 0.273 e. The van der Waals surface area contributed by atoms with Crippen LogP contribution in [0.25, 0.3) is 0 Å². The van der Waals surface area contributed by atoms with Gasteiger partial charge in [0.25, 0.3) is 5.19 Å². The van der Waals surface area contributed by atoms with Crippen LogP contribution in [0.5, 0.6) is 5.19 Å². The lowest BCUT2D eigenvalue weighted by Crippen LogP contribution is -2.29. The van der Waals surface area contributed by atoms with Gasteiger partial charge in [0.15, 0.2) is 5.41 Å². The number of hydrogen-bond donors (Lipinski definition) is 0. The number of halogens is 1. The minimum Gasteiger partial charge on any atom is -0.466 e. The van der Waals surface area contributed by atoms with E-state index < -0.39 is 5.41 Å². The summed E-state index contributed by atoms with van der Waals surface area (Å²) in [5, 5.41) is -0.763. The quantitative estimate of drug-likeness (QED) is 0.690. The topological polar surface area (TPSA) is 25.4 Å². The molecule has 136 valence electrons. The molecule has 3 nitrogen and oxygen atoms in total. The number of rotatable bonds is 6. The second kappa shape index (κ2) is 8.42. The van der Waals surface area contributed by atoms with Gasteiger partial charge in [-0.25, -0.2) is 9.37 Å². The highest BCUT2D eigenvalue weighted by atomic mass is 32.1. The van der Waals surface area contributed by atoms with Gasteiger partial charge in [-0.15, -0.1) is 0 Å². The Hall–Kier alpha value is -0.250. The summed E-state index contributed by atoms with van der Waals surface area (Å²) in [4.78, 5) is 8.52. The van der Waals surface area contributed by atoms with Gasteiger partial charge in [0.05, 0.1) is 5.69 Å². The Kier molecular flexibility index (Phi) is 6.50. The first kappa shape index (κ1) is 18.5. The van der Waals surface area contributed by atoms with Crippen LogP contribution in [0.2, 0.25) is 0 Å². The second-order valence-electron chi connectivity index (χ2n) is 7.55. The lowest BCUT2D eigenvalue weighted by Gasteiger charge is -2.26. The Morgan fingerprint density at radius 3 is 2.79 bits per heavy atom. The molecule has 0 amide bonds. The Labute approximate surface area is 151 Å². The molecule has 6 heteroatoms. The first-order chi connectivity index (χ1) is 11.5. The van der Waals surface area contributed by atoms with Crippen LogP contribution in [-0.2, 0) is 12.8 Å². The van der Waals surface area contributed by atoms with E-state index in [1.165, 1.54) is 62.6 Å². The van der Waals surface area contributed by atoms with Crippen molar-refractivity contribution < 1.29 is 9.13 Å². The van der Waals surface area contributed by atoms with Crippen LogP contribution in [0.3, 0.4) is 0 Å². The molecule has 1 saturated carbocycles. The number of hydrogen-bond acceptors (Lipinski definition) is 4. The van der Waals surface area contributed by atoms with Crippen molar-refractivity contribution >= 4 is 20.6 Å². The molecule has 0 saturated heterocycles. The Bertz CT molecular complexity index is 500. The van der Waals surface area contributed by atoms with E-state index in [0.717, 1.165) is 31.8 Å². The zero-order chi connectivity index (χ0) is 17.0. The lowest BCUT2D eigenvalue weighted by molar-refractivity contribution is 0.181. The summed E-state index contributed by atoms with van der Waals surface area (Å²) in [6, 6.07) is 0. The van der Waals surface area contributed by atoms with Gasteiger partial charge in [0.1, 0.15) is 6.61 Å². The van der Waals surface area contributed by atoms with Crippen molar-refractivity contribution in [3.63, 3.8) is 0 Å². The van der Waals surface area contributed by atoms with Gasteiger partial charge < -0.3 is 9.64 Å². The van der Waals surface area contributed by atoms with Crippen LogP contribution < -0.4 is 4.74 Å². The number of nitrogens with zero attached hydrogens (tertiary/aromatic N) is 2. The fraction of sp³-hybridized carbons (Fsp3) is 0.833. The van der Waals surface area contributed by atoms with Gasteiger partial charge in [-0.2, -0.15) is 0 Å². The molecule has 2 atom stereocenters. The zero-order valence-corrected chi connectivity index (χ0v) is 16.7. The Morgan fingerprint density at radius 1 is 1.29 bits per heavy atom. The van der Waals surface area contributed by atoms with E-state index in [0.29, 0.717) is 5.19 Å². The van der Waals surface area contributed by atoms with Gasteiger partial charge in [0, 0.05) is 24.4 Å². The third-order valence-electron chi connectivity index (χ3n) is 5.13. The van der Waals surface area contributed by atoms with E-state index in [4.69, 9.17) is 4.74 Å². The van der Waals surface area contributed by atoms with Gasteiger partial charge in [-0.3, -0.25) is 0 Å². The standard InChI is InChI=1S/C18H30FN2OPS/c1-18(19,23)13-22-17-20-15-8-11-21(12-9-16(15)24-17)10-7-14-5-3-2-4-6-14/h14H,2-13,23H2,1H3. The molecule has 0 N–H and O–H groups in total. The van der Waals surface area contributed by atoms with Crippen molar-refractivity contribution in [2.45, 2.75) is 63.7 Å². The minimum absolute atomic E-state index is 0.0393. The predicted molar refractivity (Wildman–Crippen MR) is 102 cm³/mol. The number of fused-ring (bicyclic) bond motifs is 1. The van der Waals surface area contributed by atoms with E-state index in [2.05, 4.69) is 19.1 Å². The number of ether oxygens (including phenoxy) is 1. The maximum atomic E-state index is 13.5. The van der Waals surface area contributed by atoms with Crippen LogP contribution in [0.15, 0.2) is 0 Å². The van der Waals surface area contributed by atoms with Crippen LogP contribution in [0, 0.1) is 5.92 Å². The van der Waals surface area contributed by atoms with Crippen LogP contribution in [0.4, 0.5) is 4.39 Å². The van der Waals surface area contributed by atoms with Crippen molar-refractivity contribution in [1.29, 1.82) is 0 Å². The molecule has 1 aromatic rings. The van der Waals surface area contributed by atoms with E-state index in [1.807, 2.05) is 0 Å². The summed E-state index contributed by atoms with van der Waals surface area (Å²) >= 11 is 1.60. The third-order valence-corrected chi connectivity index (χ3v) is 6.37. The summed E-state index contributed by atoms with van der Waals surface area (Å²) in [5.74, 6) is 0.955.